The van der Waals surface area contributed by atoms with E-state index in [-0.39, 0.29) is 17.1 Å². The molecule has 0 N–H and O–H groups in total. The van der Waals surface area contributed by atoms with Crippen molar-refractivity contribution in [2.75, 3.05) is 26.2 Å². The van der Waals surface area contributed by atoms with Crippen LogP contribution in [0.15, 0.2) is 30.3 Å². The number of carbonyl (C=O) groups excluding carboxylic acids is 1. The second kappa shape index (κ2) is 7.14. The first-order valence-corrected chi connectivity index (χ1v) is 7.82. The molecule has 1 aliphatic rings. The zero-order valence-corrected chi connectivity index (χ0v) is 13.2. The molecule has 1 heterocycles. The summed E-state index contributed by atoms with van der Waals surface area (Å²) >= 11 is 4.43. The molecule has 1 aliphatic heterocycles. The van der Waals surface area contributed by atoms with Gasteiger partial charge in [0.2, 0.25) is 5.91 Å². The van der Waals surface area contributed by atoms with Gasteiger partial charge in [0.15, 0.2) is 0 Å². The van der Waals surface area contributed by atoms with Gasteiger partial charge >= 0.3 is 0 Å². The Hall–Kier alpha value is -1.00. The van der Waals surface area contributed by atoms with Crippen molar-refractivity contribution in [2.45, 2.75) is 25.6 Å². The molecule has 0 saturated carbocycles. The quantitative estimate of drug-likeness (QED) is 0.861. The van der Waals surface area contributed by atoms with Crippen molar-refractivity contribution >= 4 is 18.5 Å². The summed E-state index contributed by atoms with van der Waals surface area (Å²) in [7, 11) is 0. The van der Waals surface area contributed by atoms with Crippen molar-refractivity contribution in [1.82, 2.24) is 9.80 Å². The van der Waals surface area contributed by atoms with Gasteiger partial charge in [-0.05, 0) is 11.5 Å². The predicted molar refractivity (Wildman–Crippen MR) is 85.9 cm³/mol. The maximum Gasteiger partial charge on any atom is 0.235 e. The second-order valence-corrected chi connectivity index (χ2v) is 6.33. The highest BCUT2D eigenvalue weighted by molar-refractivity contribution is 7.81. The highest BCUT2D eigenvalue weighted by Gasteiger charge is 2.26. The monoisotopic (exact) mass is 292 g/mol. The van der Waals surface area contributed by atoms with E-state index in [0.717, 1.165) is 32.7 Å². The fraction of sp³-hybridized carbons (Fsp3) is 0.562. The maximum absolute atomic E-state index is 12.2. The summed E-state index contributed by atoms with van der Waals surface area (Å²) in [6.07, 6.45) is 0. The lowest BCUT2D eigenvalue weighted by atomic mass is 10.1. The number of rotatable bonds is 4. The van der Waals surface area contributed by atoms with Crippen molar-refractivity contribution in [3.05, 3.63) is 35.9 Å². The largest absolute Gasteiger partial charge is 0.339 e. The summed E-state index contributed by atoms with van der Waals surface area (Å²) in [5.74, 6) is 0.468. The van der Waals surface area contributed by atoms with E-state index in [9.17, 15) is 4.79 Å². The number of hydrogen-bond acceptors (Lipinski definition) is 3. The van der Waals surface area contributed by atoms with Gasteiger partial charge in [-0.25, -0.2) is 0 Å². The van der Waals surface area contributed by atoms with E-state index in [0.29, 0.717) is 0 Å². The Bertz CT molecular complexity index is 427. The summed E-state index contributed by atoms with van der Waals surface area (Å²) in [6, 6.07) is 10.5. The van der Waals surface area contributed by atoms with Crippen molar-refractivity contribution in [2.24, 2.45) is 5.92 Å². The van der Waals surface area contributed by atoms with Gasteiger partial charge in [0.25, 0.3) is 0 Å². The molecule has 4 heteroatoms. The molecule has 0 aromatic heterocycles. The lowest BCUT2D eigenvalue weighted by Gasteiger charge is -2.36. The Morgan fingerprint density at radius 1 is 1.15 bits per heavy atom. The Labute approximate surface area is 127 Å². The third kappa shape index (κ3) is 4.00. The average Bonchev–Trinajstić information content (AvgIpc) is 2.47. The van der Waals surface area contributed by atoms with Crippen molar-refractivity contribution in [1.29, 1.82) is 0 Å². The average molecular weight is 292 g/mol. The molecule has 1 aromatic carbocycles. The summed E-state index contributed by atoms with van der Waals surface area (Å²) in [5, 5.41) is -0.171. The molecule has 0 radical (unpaired) electrons. The molecule has 0 bridgehead atoms. The molecular weight excluding hydrogens is 268 g/mol. The number of piperazine rings is 1. The topological polar surface area (TPSA) is 23.6 Å². The van der Waals surface area contributed by atoms with E-state index in [1.165, 1.54) is 5.56 Å². The van der Waals surface area contributed by atoms with Gasteiger partial charge in [0.1, 0.15) is 0 Å². The molecule has 20 heavy (non-hydrogen) atoms. The van der Waals surface area contributed by atoms with Crippen molar-refractivity contribution in [3.63, 3.8) is 0 Å². The first-order valence-electron chi connectivity index (χ1n) is 7.31. The van der Waals surface area contributed by atoms with E-state index in [4.69, 9.17) is 0 Å². The third-order valence-corrected chi connectivity index (χ3v) is 4.63. The smallest absolute Gasteiger partial charge is 0.235 e. The molecule has 110 valence electrons. The van der Waals surface area contributed by atoms with Gasteiger partial charge in [-0.3, -0.25) is 9.69 Å². The first kappa shape index (κ1) is 15.4. The third-order valence-electron chi connectivity index (χ3n) is 3.82. The first-order chi connectivity index (χ1) is 9.58. The van der Waals surface area contributed by atoms with Crippen LogP contribution in [0, 0.1) is 5.92 Å². The molecule has 3 nitrogen and oxygen atoms in total. The van der Waals surface area contributed by atoms with Crippen LogP contribution in [0.1, 0.15) is 19.4 Å². The van der Waals surface area contributed by atoms with Gasteiger partial charge in [0, 0.05) is 32.7 Å². The van der Waals surface area contributed by atoms with Gasteiger partial charge in [-0.1, -0.05) is 44.2 Å². The Kier molecular flexibility index (Phi) is 5.49. The van der Waals surface area contributed by atoms with Crippen LogP contribution in [-0.4, -0.2) is 47.1 Å². The van der Waals surface area contributed by atoms with Crippen LogP contribution >= 0.6 is 12.6 Å². The maximum atomic E-state index is 12.2. The Morgan fingerprint density at radius 2 is 1.75 bits per heavy atom. The van der Waals surface area contributed by atoms with Crippen LogP contribution in [0.25, 0.3) is 0 Å². The van der Waals surface area contributed by atoms with Crippen molar-refractivity contribution < 1.29 is 4.79 Å². The SMILES string of the molecule is CC(C)C(S)C(=O)N1CCN(Cc2ccccc2)CC1. The summed E-state index contributed by atoms with van der Waals surface area (Å²) in [5.41, 5.74) is 1.33. The molecular formula is C16H24N2OS. The summed E-state index contributed by atoms with van der Waals surface area (Å²) in [4.78, 5) is 16.6. The second-order valence-electron chi connectivity index (χ2n) is 5.78. The molecule has 1 amide bonds. The fourth-order valence-electron chi connectivity index (χ4n) is 2.44. The molecule has 0 spiro atoms. The number of thiol groups is 1. The minimum absolute atomic E-state index is 0.171. The molecule has 1 aromatic rings. The lowest BCUT2D eigenvalue weighted by molar-refractivity contribution is -0.133. The molecule has 1 saturated heterocycles. The van der Waals surface area contributed by atoms with Crippen LogP contribution < -0.4 is 0 Å². The van der Waals surface area contributed by atoms with E-state index in [2.05, 4.69) is 41.8 Å². The number of benzene rings is 1. The van der Waals surface area contributed by atoms with E-state index in [1.54, 1.807) is 0 Å². The zero-order chi connectivity index (χ0) is 14.5. The molecule has 1 fully saturated rings. The highest BCUT2D eigenvalue weighted by Crippen LogP contribution is 2.15. The lowest BCUT2D eigenvalue weighted by Crippen LogP contribution is -2.51. The molecule has 1 atom stereocenters. The van der Waals surface area contributed by atoms with Gasteiger partial charge < -0.3 is 4.90 Å². The highest BCUT2D eigenvalue weighted by atomic mass is 32.1. The Morgan fingerprint density at radius 3 is 2.30 bits per heavy atom. The molecule has 2 rings (SSSR count). The number of nitrogens with zero attached hydrogens (tertiary/aromatic N) is 2. The fourth-order valence-corrected chi connectivity index (χ4v) is 2.60. The van der Waals surface area contributed by atoms with Gasteiger partial charge in [-0.2, -0.15) is 12.6 Å². The number of carbonyl (C=O) groups is 1. The van der Waals surface area contributed by atoms with Gasteiger partial charge in [0.05, 0.1) is 5.25 Å². The summed E-state index contributed by atoms with van der Waals surface area (Å²) in [6.45, 7) is 8.57. The van der Waals surface area contributed by atoms with Crippen molar-refractivity contribution in [3.8, 4) is 0 Å². The van der Waals surface area contributed by atoms with E-state index < -0.39 is 0 Å². The summed E-state index contributed by atoms with van der Waals surface area (Å²) < 4.78 is 0. The van der Waals surface area contributed by atoms with Crippen LogP contribution in [0.5, 0.6) is 0 Å². The van der Waals surface area contributed by atoms with E-state index in [1.807, 2.05) is 24.8 Å². The van der Waals surface area contributed by atoms with Crippen LogP contribution in [0.3, 0.4) is 0 Å². The van der Waals surface area contributed by atoms with Crippen LogP contribution in [-0.2, 0) is 11.3 Å². The normalized spacial score (nSPS) is 18.3. The minimum Gasteiger partial charge on any atom is -0.339 e. The van der Waals surface area contributed by atoms with E-state index >= 15 is 0 Å². The molecule has 1 unspecified atom stereocenters. The molecule has 0 aliphatic carbocycles. The van der Waals surface area contributed by atoms with Crippen LogP contribution in [0.4, 0.5) is 0 Å². The number of hydrogen-bond donors (Lipinski definition) is 1. The standard InChI is InChI=1S/C16H24N2OS/c1-13(2)15(20)16(19)18-10-8-17(9-11-18)12-14-6-4-3-5-7-14/h3-7,13,15,20H,8-12H2,1-2H3. The van der Waals surface area contributed by atoms with Gasteiger partial charge in [-0.15, -0.1) is 0 Å². The predicted octanol–water partition coefficient (Wildman–Crippen LogP) is 2.29. The minimum atomic E-state index is -0.171. The Balaban J connectivity index is 1.82. The zero-order valence-electron chi connectivity index (χ0n) is 12.3. The van der Waals surface area contributed by atoms with Crippen LogP contribution in [0.2, 0.25) is 0 Å². The number of amides is 1.